The van der Waals surface area contributed by atoms with E-state index in [0.717, 1.165) is 5.56 Å². The van der Waals surface area contributed by atoms with Crippen LogP contribution in [-0.2, 0) is 4.79 Å². The molecule has 0 fully saturated rings. The quantitative estimate of drug-likeness (QED) is 0.726. The first-order valence-corrected chi connectivity index (χ1v) is 8.01. The van der Waals surface area contributed by atoms with Crippen molar-refractivity contribution in [3.8, 4) is 17.2 Å². The van der Waals surface area contributed by atoms with Gasteiger partial charge in [-0.15, -0.1) is 0 Å². The third kappa shape index (κ3) is 3.03. The molecule has 3 heterocycles. The van der Waals surface area contributed by atoms with Gasteiger partial charge in [0.1, 0.15) is 17.7 Å². The lowest BCUT2D eigenvalue weighted by Gasteiger charge is -2.22. The fraction of sp³-hybridized carbons (Fsp3) is 0.150. The van der Waals surface area contributed by atoms with Crippen LogP contribution in [0.5, 0.6) is 0 Å². The van der Waals surface area contributed by atoms with Gasteiger partial charge in [0.2, 0.25) is 0 Å². The second kappa shape index (κ2) is 7.11. The molecule has 0 saturated heterocycles. The van der Waals surface area contributed by atoms with E-state index < -0.39 is 11.6 Å². The van der Waals surface area contributed by atoms with Crippen LogP contribution in [0.4, 0.5) is 0 Å². The van der Waals surface area contributed by atoms with Crippen molar-refractivity contribution in [1.29, 1.82) is 5.26 Å². The molecule has 26 heavy (non-hydrogen) atoms. The summed E-state index contributed by atoms with van der Waals surface area (Å²) in [6, 6.07) is 9.68. The maximum absolute atomic E-state index is 12.9. The van der Waals surface area contributed by atoms with Crippen LogP contribution in [0, 0.1) is 18.3 Å². The highest BCUT2D eigenvalue weighted by Gasteiger charge is 2.25. The largest absolute Gasteiger partial charge is 0.297 e. The highest BCUT2D eigenvalue weighted by Crippen LogP contribution is 2.27. The zero-order chi connectivity index (χ0) is 18.7. The van der Waals surface area contributed by atoms with E-state index in [0.29, 0.717) is 16.8 Å². The Balaban J connectivity index is 2.35. The molecule has 6 heteroatoms. The maximum Gasteiger partial charge on any atom is 0.269 e. The van der Waals surface area contributed by atoms with Crippen molar-refractivity contribution in [2.45, 2.75) is 19.9 Å². The lowest BCUT2D eigenvalue weighted by Crippen LogP contribution is -2.33. The van der Waals surface area contributed by atoms with Crippen LogP contribution in [0.25, 0.3) is 11.1 Å². The van der Waals surface area contributed by atoms with Crippen LogP contribution in [0.2, 0.25) is 0 Å². The molecule has 0 aromatic carbocycles. The van der Waals surface area contributed by atoms with Crippen molar-refractivity contribution in [2.24, 2.45) is 0 Å². The van der Waals surface area contributed by atoms with Gasteiger partial charge < -0.3 is 0 Å². The molecule has 6 nitrogen and oxygen atoms in total. The predicted octanol–water partition coefficient (Wildman–Crippen LogP) is 2.66. The Morgan fingerprint density at radius 1 is 1.12 bits per heavy atom. The Hall–Kier alpha value is -3.59. The standard InChI is InChI=1S/C20H16N4O2/c1-13-18(15-3-7-22-8-4-15)11-17(12-21)20(26)24(13)19(14(2)25)16-5-9-23-10-6-16/h3-11,19H,1-2H3. The molecular formula is C20H16N4O2. The monoisotopic (exact) mass is 344 g/mol. The van der Waals surface area contributed by atoms with Gasteiger partial charge in [-0.25, -0.2) is 0 Å². The van der Waals surface area contributed by atoms with Crippen molar-refractivity contribution >= 4 is 5.78 Å². The van der Waals surface area contributed by atoms with E-state index in [9.17, 15) is 14.9 Å². The average Bonchev–Trinajstić information content (AvgIpc) is 2.66. The normalized spacial score (nSPS) is 11.6. The smallest absolute Gasteiger partial charge is 0.269 e. The van der Waals surface area contributed by atoms with E-state index in [4.69, 9.17) is 0 Å². The molecule has 0 saturated carbocycles. The molecule has 0 amide bonds. The molecule has 3 aromatic rings. The van der Waals surface area contributed by atoms with Gasteiger partial charge in [-0.05, 0) is 55.3 Å². The summed E-state index contributed by atoms with van der Waals surface area (Å²) < 4.78 is 1.39. The zero-order valence-corrected chi connectivity index (χ0v) is 14.4. The van der Waals surface area contributed by atoms with E-state index in [2.05, 4.69) is 9.97 Å². The van der Waals surface area contributed by atoms with Gasteiger partial charge in [0.15, 0.2) is 5.78 Å². The van der Waals surface area contributed by atoms with E-state index >= 15 is 0 Å². The van der Waals surface area contributed by atoms with Crippen LogP contribution in [0.1, 0.15) is 29.8 Å². The van der Waals surface area contributed by atoms with Gasteiger partial charge in [-0.3, -0.25) is 24.1 Å². The van der Waals surface area contributed by atoms with E-state index in [1.165, 1.54) is 11.5 Å². The van der Waals surface area contributed by atoms with Crippen LogP contribution in [0.3, 0.4) is 0 Å². The number of nitrogens with zero attached hydrogens (tertiary/aromatic N) is 4. The summed E-state index contributed by atoms with van der Waals surface area (Å²) in [7, 11) is 0. The number of aromatic nitrogens is 3. The molecular weight excluding hydrogens is 328 g/mol. The lowest BCUT2D eigenvalue weighted by atomic mass is 9.99. The SMILES string of the molecule is CC(=O)C(c1ccncc1)n1c(C)c(-c2ccncc2)cc(C#N)c1=O. The molecule has 3 aromatic heterocycles. The molecule has 0 bridgehead atoms. The van der Waals surface area contributed by atoms with Crippen molar-refractivity contribution in [1.82, 2.24) is 14.5 Å². The average molecular weight is 344 g/mol. The van der Waals surface area contributed by atoms with Gasteiger partial charge in [-0.1, -0.05) is 0 Å². The summed E-state index contributed by atoms with van der Waals surface area (Å²) in [5.41, 5.74) is 2.29. The molecule has 3 rings (SSSR count). The number of ketones is 1. The number of hydrogen-bond donors (Lipinski definition) is 0. The van der Waals surface area contributed by atoms with E-state index in [1.807, 2.05) is 6.07 Å². The van der Waals surface area contributed by atoms with Gasteiger partial charge in [0.25, 0.3) is 5.56 Å². The Kier molecular flexibility index (Phi) is 4.72. The van der Waals surface area contributed by atoms with Crippen LogP contribution in [0.15, 0.2) is 59.9 Å². The third-order valence-electron chi connectivity index (χ3n) is 4.27. The van der Waals surface area contributed by atoms with Crippen molar-refractivity contribution in [3.05, 3.63) is 82.3 Å². The van der Waals surface area contributed by atoms with Crippen LogP contribution < -0.4 is 5.56 Å². The first kappa shape index (κ1) is 17.2. The number of pyridine rings is 3. The van der Waals surface area contributed by atoms with E-state index in [1.54, 1.807) is 62.0 Å². The molecule has 0 radical (unpaired) electrons. The molecule has 0 spiro atoms. The number of hydrogen-bond acceptors (Lipinski definition) is 5. The first-order chi connectivity index (χ1) is 12.5. The van der Waals surface area contributed by atoms with E-state index in [-0.39, 0.29) is 11.3 Å². The second-order valence-corrected chi connectivity index (χ2v) is 5.87. The minimum Gasteiger partial charge on any atom is -0.297 e. The molecule has 0 aliphatic carbocycles. The molecule has 1 atom stereocenters. The minimum absolute atomic E-state index is 0.0114. The molecule has 128 valence electrons. The van der Waals surface area contributed by atoms with Crippen LogP contribution in [-0.4, -0.2) is 20.3 Å². The van der Waals surface area contributed by atoms with Crippen molar-refractivity contribution in [2.75, 3.05) is 0 Å². The summed E-state index contributed by atoms with van der Waals surface area (Å²) in [5.74, 6) is -0.197. The van der Waals surface area contributed by atoms with Crippen molar-refractivity contribution in [3.63, 3.8) is 0 Å². The molecule has 0 N–H and O–H groups in total. The Bertz CT molecular complexity index is 1050. The summed E-state index contributed by atoms with van der Waals surface area (Å²) in [5, 5.41) is 9.43. The number of carbonyl (C=O) groups excluding carboxylic acids is 1. The van der Waals surface area contributed by atoms with Crippen molar-refractivity contribution < 1.29 is 4.79 Å². The Labute approximate surface area is 150 Å². The summed E-state index contributed by atoms with van der Waals surface area (Å²) in [6.45, 7) is 3.21. The summed E-state index contributed by atoms with van der Waals surface area (Å²) in [6.07, 6.45) is 6.43. The maximum atomic E-state index is 12.9. The molecule has 0 aliphatic rings. The van der Waals surface area contributed by atoms with Crippen LogP contribution >= 0.6 is 0 Å². The fourth-order valence-corrected chi connectivity index (χ4v) is 3.05. The highest BCUT2D eigenvalue weighted by molar-refractivity contribution is 5.84. The molecule has 1 unspecified atom stereocenters. The first-order valence-electron chi connectivity index (χ1n) is 8.01. The summed E-state index contributed by atoms with van der Waals surface area (Å²) in [4.78, 5) is 33.3. The van der Waals surface area contributed by atoms with Gasteiger partial charge >= 0.3 is 0 Å². The molecule has 0 aliphatic heterocycles. The Morgan fingerprint density at radius 2 is 1.69 bits per heavy atom. The number of Topliss-reactive ketones (excluding diaryl/α,β-unsaturated/α-hetero) is 1. The topological polar surface area (TPSA) is 88.6 Å². The highest BCUT2D eigenvalue weighted by atomic mass is 16.1. The lowest BCUT2D eigenvalue weighted by molar-refractivity contribution is -0.119. The number of rotatable bonds is 4. The predicted molar refractivity (Wildman–Crippen MR) is 96.4 cm³/mol. The summed E-state index contributed by atoms with van der Waals surface area (Å²) >= 11 is 0. The zero-order valence-electron chi connectivity index (χ0n) is 14.4. The van der Waals surface area contributed by atoms with Gasteiger partial charge in [0.05, 0.1) is 0 Å². The minimum atomic E-state index is -0.820. The number of nitriles is 1. The second-order valence-electron chi connectivity index (χ2n) is 5.87. The number of carbonyl (C=O) groups is 1. The van der Waals surface area contributed by atoms with Gasteiger partial charge in [0, 0.05) is 36.0 Å². The Morgan fingerprint density at radius 3 is 2.23 bits per heavy atom. The van der Waals surface area contributed by atoms with Gasteiger partial charge in [-0.2, -0.15) is 5.26 Å². The fourth-order valence-electron chi connectivity index (χ4n) is 3.05. The third-order valence-corrected chi connectivity index (χ3v) is 4.27.